The van der Waals surface area contributed by atoms with Crippen molar-refractivity contribution in [1.29, 1.82) is 0 Å². The molecule has 21 heavy (non-hydrogen) atoms. The summed E-state index contributed by atoms with van der Waals surface area (Å²) in [4.78, 5) is 11.2. The number of aryl methyl sites for hydroxylation is 1. The first-order valence-corrected chi connectivity index (χ1v) is 7.79. The van der Waals surface area contributed by atoms with E-state index < -0.39 is 0 Å². The van der Waals surface area contributed by atoms with E-state index in [4.69, 9.17) is 5.73 Å². The fraction of sp³-hybridized carbons (Fsp3) is 0.625. The second-order valence-corrected chi connectivity index (χ2v) is 6.52. The van der Waals surface area contributed by atoms with Crippen molar-refractivity contribution in [1.82, 2.24) is 19.4 Å². The van der Waals surface area contributed by atoms with Gasteiger partial charge in [-0.05, 0) is 52.1 Å². The van der Waals surface area contributed by atoms with Crippen LogP contribution in [0, 0.1) is 19.8 Å². The maximum atomic E-state index is 6.04. The minimum atomic E-state index is 0.592. The highest BCUT2D eigenvalue weighted by atomic mass is 15.2. The summed E-state index contributed by atoms with van der Waals surface area (Å²) in [5.41, 5.74) is 9.50. The van der Waals surface area contributed by atoms with Crippen LogP contribution in [0.3, 0.4) is 0 Å². The number of hydrogen-bond donors (Lipinski definition) is 1. The van der Waals surface area contributed by atoms with E-state index in [1.807, 2.05) is 0 Å². The average Bonchev–Trinajstić information content (AvgIpc) is 3.00. The summed E-state index contributed by atoms with van der Waals surface area (Å²) < 4.78 is 2.33. The molecule has 5 nitrogen and oxygen atoms in total. The molecule has 1 unspecified atom stereocenters. The monoisotopic (exact) mass is 287 g/mol. The van der Waals surface area contributed by atoms with Crippen molar-refractivity contribution in [2.24, 2.45) is 5.92 Å². The molecular formula is C16H25N5. The lowest BCUT2D eigenvalue weighted by atomic mass is 10.1. The standard InChI is InChI=1S/C16H25N5/c1-10(2)20-6-5-13(7-20)8-21-12(4)11(3)14-15(17)18-9-19-16(14)21/h9-10,13H,5-8H2,1-4H3,(H2,17,18,19). The van der Waals surface area contributed by atoms with Gasteiger partial charge in [0.25, 0.3) is 0 Å². The zero-order valence-electron chi connectivity index (χ0n) is 13.4. The van der Waals surface area contributed by atoms with Crippen molar-refractivity contribution in [2.75, 3.05) is 18.8 Å². The highest BCUT2D eigenvalue weighted by Gasteiger charge is 2.26. The van der Waals surface area contributed by atoms with Crippen LogP contribution in [-0.2, 0) is 6.54 Å². The van der Waals surface area contributed by atoms with Crippen LogP contribution in [0.2, 0.25) is 0 Å². The summed E-state index contributed by atoms with van der Waals surface area (Å²) in [5.74, 6) is 1.28. The van der Waals surface area contributed by atoms with Gasteiger partial charge in [0.05, 0.1) is 5.39 Å². The minimum Gasteiger partial charge on any atom is -0.383 e. The number of nitrogens with two attached hydrogens (primary N) is 1. The highest BCUT2D eigenvalue weighted by molar-refractivity contribution is 5.90. The maximum Gasteiger partial charge on any atom is 0.145 e. The third-order valence-electron chi connectivity index (χ3n) is 4.92. The van der Waals surface area contributed by atoms with E-state index in [1.165, 1.54) is 30.8 Å². The van der Waals surface area contributed by atoms with E-state index in [0.717, 1.165) is 17.6 Å². The van der Waals surface area contributed by atoms with Gasteiger partial charge in [0, 0.05) is 24.8 Å². The summed E-state index contributed by atoms with van der Waals surface area (Å²) >= 11 is 0. The molecule has 2 aromatic rings. The SMILES string of the molecule is Cc1c(C)n(CC2CCN(C(C)C)C2)c2ncnc(N)c12. The second-order valence-electron chi connectivity index (χ2n) is 6.52. The van der Waals surface area contributed by atoms with E-state index >= 15 is 0 Å². The van der Waals surface area contributed by atoms with Crippen LogP contribution in [0.1, 0.15) is 31.5 Å². The Morgan fingerprint density at radius 1 is 1.33 bits per heavy atom. The number of fused-ring (bicyclic) bond motifs is 1. The van der Waals surface area contributed by atoms with Crippen molar-refractivity contribution in [3.05, 3.63) is 17.6 Å². The van der Waals surface area contributed by atoms with Gasteiger partial charge in [-0.3, -0.25) is 0 Å². The quantitative estimate of drug-likeness (QED) is 0.941. The van der Waals surface area contributed by atoms with Crippen LogP contribution >= 0.6 is 0 Å². The highest BCUT2D eigenvalue weighted by Crippen LogP contribution is 2.29. The van der Waals surface area contributed by atoms with Gasteiger partial charge < -0.3 is 15.2 Å². The minimum absolute atomic E-state index is 0.592. The molecule has 1 fully saturated rings. The Bertz CT molecular complexity index is 658. The Hall–Kier alpha value is -1.62. The van der Waals surface area contributed by atoms with Crippen molar-refractivity contribution in [3.63, 3.8) is 0 Å². The molecule has 0 bridgehead atoms. The molecule has 0 spiro atoms. The normalized spacial score (nSPS) is 20.0. The molecular weight excluding hydrogens is 262 g/mol. The van der Waals surface area contributed by atoms with Crippen molar-refractivity contribution in [3.8, 4) is 0 Å². The molecule has 2 aromatic heterocycles. The molecule has 3 heterocycles. The first-order chi connectivity index (χ1) is 9.99. The third kappa shape index (κ3) is 2.39. The van der Waals surface area contributed by atoms with Crippen LogP contribution in [0.4, 0.5) is 5.82 Å². The predicted octanol–water partition coefficient (Wildman–Crippen LogP) is 2.36. The zero-order valence-corrected chi connectivity index (χ0v) is 13.4. The number of hydrogen-bond acceptors (Lipinski definition) is 4. The number of aromatic nitrogens is 3. The smallest absolute Gasteiger partial charge is 0.145 e. The van der Waals surface area contributed by atoms with Crippen LogP contribution in [0.15, 0.2) is 6.33 Å². The van der Waals surface area contributed by atoms with Gasteiger partial charge in [-0.25, -0.2) is 9.97 Å². The molecule has 114 valence electrons. The number of nitrogen functional groups attached to an aromatic ring is 1. The number of rotatable bonds is 3. The van der Waals surface area contributed by atoms with Crippen molar-refractivity contribution in [2.45, 2.75) is 46.7 Å². The lowest BCUT2D eigenvalue weighted by molar-refractivity contribution is 0.261. The molecule has 2 N–H and O–H groups in total. The molecule has 0 amide bonds. The Morgan fingerprint density at radius 2 is 2.10 bits per heavy atom. The molecule has 1 saturated heterocycles. The topological polar surface area (TPSA) is 60.0 Å². The molecule has 0 aromatic carbocycles. The Balaban J connectivity index is 1.92. The van der Waals surface area contributed by atoms with Gasteiger partial charge in [-0.1, -0.05) is 0 Å². The van der Waals surface area contributed by atoms with E-state index in [2.05, 4.69) is 47.1 Å². The first-order valence-electron chi connectivity index (χ1n) is 7.79. The van der Waals surface area contributed by atoms with E-state index in [1.54, 1.807) is 6.33 Å². The molecule has 0 radical (unpaired) electrons. The fourth-order valence-electron chi connectivity index (χ4n) is 3.46. The summed E-state index contributed by atoms with van der Waals surface area (Å²) in [5, 5.41) is 1.02. The number of likely N-dealkylation sites (tertiary alicyclic amines) is 1. The average molecular weight is 287 g/mol. The van der Waals surface area contributed by atoms with Crippen LogP contribution in [0.5, 0.6) is 0 Å². The van der Waals surface area contributed by atoms with Gasteiger partial charge in [0.15, 0.2) is 0 Å². The molecule has 0 aliphatic carbocycles. The van der Waals surface area contributed by atoms with E-state index in [-0.39, 0.29) is 0 Å². The summed E-state index contributed by atoms with van der Waals surface area (Å²) in [6, 6.07) is 0.636. The van der Waals surface area contributed by atoms with Crippen molar-refractivity contribution < 1.29 is 0 Å². The largest absolute Gasteiger partial charge is 0.383 e. The molecule has 5 heteroatoms. The number of nitrogens with zero attached hydrogens (tertiary/aromatic N) is 4. The second kappa shape index (κ2) is 5.30. The van der Waals surface area contributed by atoms with Crippen LogP contribution < -0.4 is 5.73 Å². The summed E-state index contributed by atoms with van der Waals surface area (Å²) in [6.07, 6.45) is 2.83. The Morgan fingerprint density at radius 3 is 2.76 bits per heavy atom. The Kier molecular flexibility index (Phi) is 3.61. The lowest BCUT2D eigenvalue weighted by Gasteiger charge is -2.20. The summed E-state index contributed by atoms with van der Waals surface area (Å²) in [6.45, 7) is 12.2. The molecule has 1 aliphatic heterocycles. The summed E-state index contributed by atoms with van der Waals surface area (Å²) in [7, 11) is 0. The van der Waals surface area contributed by atoms with Gasteiger partial charge in [-0.2, -0.15) is 0 Å². The molecule has 3 rings (SSSR count). The molecule has 0 saturated carbocycles. The van der Waals surface area contributed by atoms with E-state index in [9.17, 15) is 0 Å². The zero-order chi connectivity index (χ0) is 15.1. The van der Waals surface area contributed by atoms with Gasteiger partial charge >= 0.3 is 0 Å². The van der Waals surface area contributed by atoms with Crippen LogP contribution in [-0.4, -0.2) is 38.6 Å². The first kappa shape index (κ1) is 14.3. The fourth-order valence-corrected chi connectivity index (χ4v) is 3.46. The van der Waals surface area contributed by atoms with Gasteiger partial charge in [0.2, 0.25) is 0 Å². The predicted molar refractivity (Wildman–Crippen MR) is 86.2 cm³/mol. The molecule has 1 atom stereocenters. The van der Waals surface area contributed by atoms with Gasteiger partial charge in [-0.15, -0.1) is 0 Å². The lowest BCUT2D eigenvalue weighted by Crippen LogP contribution is -2.28. The Labute approximate surface area is 126 Å². The van der Waals surface area contributed by atoms with Gasteiger partial charge in [0.1, 0.15) is 17.8 Å². The molecule has 1 aliphatic rings. The van der Waals surface area contributed by atoms with Crippen LogP contribution in [0.25, 0.3) is 11.0 Å². The van der Waals surface area contributed by atoms with E-state index in [0.29, 0.717) is 17.8 Å². The number of anilines is 1. The maximum absolute atomic E-state index is 6.04. The van der Waals surface area contributed by atoms with Crippen molar-refractivity contribution >= 4 is 16.9 Å². The third-order valence-corrected chi connectivity index (χ3v) is 4.92.